The van der Waals surface area contributed by atoms with Gasteiger partial charge in [-0.15, -0.1) is 11.3 Å². The van der Waals surface area contributed by atoms with Crippen molar-refractivity contribution in [1.29, 1.82) is 0 Å². The van der Waals surface area contributed by atoms with E-state index in [0.717, 1.165) is 17.0 Å². The van der Waals surface area contributed by atoms with Crippen molar-refractivity contribution in [3.63, 3.8) is 0 Å². The highest BCUT2D eigenvalue weighted by molar-refractivity contribution is 7.18. The van der Waals surface area contributed by atoms with Gasteiger partial charge in [0.1, 0.15) is 16.4 Å². The zero-order valence-corrected chi connectivity index (χ0v) is 16.8. The van der Waals surface area contributed by atoms with E-state index in [2.05, 4.69) is 10.4 Å². The molecule has 2 aromatic rings. The molecular formula is C18H23N3O5S. The van der Waals surface area contributed by atoms with Crippen LogP contribution in [0.4, 0.5) is 5.00 Å². The van der Waals surface area contributed by atoms with Gasteiger partial charge in [-0.1, -0.05) is 0 Å². The maximum atomic E-state index is 12.5. The first-order valence-corrected chi connectivity index (χ1v) is 9.36. The van der Waals surface area contributed by atoms with Gasteiger partial charge in [0.25, 0.3) is 0 Å². The van der Waals surface area contributed by atoms with Crippen molar-refractivity contribution in [3.05, 3.63) is 34.0 Å². The van der Waals surface area contributed by atoms with Crippen LogP contribution in [0.2, 0.25) is 0 Å². The van der Waals surface area contributed by atoms with E-state index in [1.165, 1.54) is 4.68 Å². The molecule has 146 valence electrons. The first-order chi connectivity index (χ1) is 12.7. The summed E-state index contributed by atoms with van der Waals surface area (Å²) in [6.45, 7) is 8.82. The van der Waals surface area contributed by atoms with Gasteiger partial charge < -0.3 is 14.8 Å². The highest BCUT2D eigenvalue weighted by Crippen LogP contribution is 2.34. The van der Waals surface area contributed by atoms with E-state index in [1.54, 1.807) is 40.0 Å². The summed E-state index contributed by atoms with van der Waals surface area (Å²) in [5, 5.41) is 7.02. The van der Waals surface area contributed by atoms with Crippen molar-refractivity contribution in [2.45, 2.75) is 47.3 Å². The molecule has 9 heteroatoms. The number of aryl methyl sites for hydroxylation is 1. The van der Waals surface area contributed by atoms with Gasteiger partial charge in [0.15, 0.2) is 0 Å². The second-order valence-electron chi connectivity index (χ2n) is 6.11. The normalized spacial score (nSPS) is 10.7. The molecule has 2 heterocycles. The van der Waals surface area contributed by atoms with E-state index in [-0.39, 0.29) is 40.6 Å². The van der Waals surface area contributed by atoms with Crippen molar-refractivity contribution < 1.29 is 23.9 Å². The lowest BCUT2D eigenvalue weighted by Gasteiger charge is -2.10. The number of carbonyl (C=O) groups is 3. The monoisotopic (exact) mass is 393 g/mol. The Morgan fingerprint density at radius 3 is 2.52 bits per heavy atom. The van der Waals surface area contributed by atoms with Crippen LogP contribution in [0.3, 0.4) is 0 Å². The molecule has 0 saturated heterocycles. The summed E-state index contributed by atoms with van der Waals surface area (Å²) >= 11 is 0.998. The molecule has 2 aromatic heterocycles. The number of aromatic nitrogens is 2. The fourth-order valence-electron chi connectivity index (χ4n) is 2.38. The lowest BCUT2D eigenvalue weighted by atomic mass is 10.1. The Morgan fingerprint density at radius 1 is 1.26 bits per heavy atom. The second-order valence-corrected chi connectivity index (χ2v) is 7.13. The molecule has 0 atom stereocenters. The molecule has 0 aliphatic carbocycles. The topological polar surface area (TPSA) is 99.5 Å². The third-order valence-electron chi connectivity index (χ3n) is 3.63. The van der Waals surface area contributed by atoms with Gasteiger partial charge in [-0.25, -0.2) is 9.59 Å². The fraction of sp³-hybridized carbons (Fsp3) is 0.444. The molecule has 0 saturated carbocycles. The van der Waals surface area contributed by atoms with Gasteiger partial charge in [0.2, 0.25) is 5.91 Å². The predicted octanol–water partition coefficient (Wildman–Crippen LogP) is 2.94. The van der Waals surface area contributed by atoms with Crippen LogP contribution in [0.25, 0.3) is 0 Å². The number of nitrogens with one attached hydrogen (secondary N) is 1. The second kappa shape index (κ2) is 8.81. The lowest BCUT2D eigenvalue weighted by Crippen LogP contribution is -2.21. The van der Waals surface area contributed by atoms with Crippen LogP contribution in [0.15, 0.2) is 12.3 Å². The van der Waals surface area contributed by atoms with E-state index >= 15 is 0 Å². The number of esters is 2. The minimum atomic E-state index is -0.597. The van der Waals surface area contributed by atoms with Gasteiger partial charge >= 0.3 is 11.9 Å². The van der Waals surface area contributed by atoms with E-state index in [1.807, 2.05) is 6.92 Å². The van der Waals surface area contributed by atoms with Crippen LogP contribution in [0.1, 0.15) is 52.1 Å². The van der Waals surface area contributed by atoms with Gasteiger partial charge in [-0.2, -0.15) is 5.10 Å². The number of nitrogens with zero attached hydrogens (tertiary/aromatic N) is 2. The van der Waals surface area contributed by atoms with Crippen LogP contribution < -0.4 is 5.32 Å². The molecule has 27 heavy (non-hydrogen) atoms. The molecule has 1 amide bonds. The summed E-state index contributed by atoms with van der Waals surface area (Å²) in [7, 11) is 0. The number of carbonyl (C=O) groups excluding carboxylic acids is 3. The summed E-state index contributed by atoms with van der Waals surface area (Å²) < 4.78 is 11.8. The van der Waals surface area contributed by atoms with Crippen molar-refractivity contribution in [3.8, 4) is 0 Å². The van der Waals surface area contributed by atoms with Crippen LogP contribution in [0, 0.1) is 13.8 Å². The first-order valence-electron chi connectivity index (χ1n) is 8.54. The van der Waals surface area contributed by atoms with Gasteiger partial charge in [0.05, 0.1) is 18.3 Å². The predicted molar refractivity (Wildman–Crippen MR) is 101 cm³/mol. The Kier molecular flexibility index (Phi) is 6.73. The Morgan fingerprint density at radius 2 is 1.96 bits per heavy atom. The molecular weight excluding hydrogens is 370 g/mol. The Labute approximate surface area is 161 Å². The molecule has 0 aliphatic rings. The number of thiophene rings is 1. The van der Waals surface area contributed by atoms with Gasteiger partial charge in [-0.3, -0.25) is 9.48 Å². The number of ether oxygens (including phenoxy) is 2. The SMILES string of the molecule is CCOC(=O)c1sc(NC(=O)Cn2nccc2C)c(C(=O)OC(C)C)c1C. The quantitative estimate of drug-likeness (QED) is 0.726. The molecule has 2 rings (SSSR count). The summed E-state index contributed by atoms with van der Waals surface area (Å²) in [6, 6.07) is 1.78. The van der Waals surface area contributed by atoms with Crippen molar-refractivity contribution in [2.75, 3.05) is 11.9 Å². The largest absolute Gasteiger partial charge is 0.462 e. The zero-order chi connectivity index (χ0) is 20.1. The zero-order valence-electron chi connectivity index (χ0n) is 16.0. The third kappa shape index (κ3) is 4.94. The fourth-order valence-corrected chi connectivity index (χ4v) is 3.48. The summed E-state index contributed by atoms with van der Waals surface area (Å²) in [5.41, 5.74) is 1.43. The highest BCUT2D eigenvalue weighted by Gasteiger charge is 2.28. The average Bonchev–Trinajstić information content (AvgIpc) is 3.10. The van der Waals surface area contributed by atoms with Crippen LogP contribution in [-0.4, -0.2) is 40.3 Å². The van der Waals surface area contributed by atoms with Gasteiger partial charge in [-0.05, 0) is 46.2 Å². The molecule has 0 aromatic carbocycles. The van der Waals surface area contributed by atoms with Crippen molar-refractivity contribution >= 4 is 34.2 Å². The third-order valence-corrected chi connectivity index (χ3v) is 4.82. The Hall–Kier alpha value is -2.68. The standard InChI is InChI=1S/C18H23N3O5S/c1-6-25-18(24)15-12(5)14(17(23)26-10(2)3)16(27-15)20-13(22)9-21-11(4)7-8-19-21/h7-8,10H,6,9H2,1-5H3,(H,20,22). The van der Waals surface area contributed by atoms with E-state index in [9.17, 15) is 14.4 Å². The van der Waals surface area contributed by atoms with Crippen molar-refractivity contribution in [1.82, 2.24) is 9.78 Å². The molecule has 0 fully saturated rings. The summed E-state index contributed by atoms with van der Waals surface area (Å²) in [4.78, 5) is 37.4. The van der Waals surface area contributed by atoms with E-state index in [4.69, 9.17) is 9.47 Å². The number of hydrogen-bond acceptors (Lipinski definition) is 7. The Balaban J connectivity index is 2.33. The first kappa shape index (κ1) is 20.6. The summed E-state index contributed by atoms with van der Waals surface area (Å²) in [6.07, 6.45) is 1.26. The number of rotatable bonds is 7. The minimum Gasteiger partial charge on any atom is -0.462 e. The highest BCUT2D eigenvalue weighted by atomic mass is 32.1. The maximum absolute atomic E-state index is 12.5. The minimum absolute atomic E-state index is 0.0107. The molecule has 0 bridgehead atoms. The molecule has 0 spiro atoms. The molecule has 1 N–H and O–H groups in total. The smallest absolute Gasteiger partial charge is 0.348 e. The van der Waals surface area contributed by atoms with E-state index in [0.29, 0.717) is 5.56 Å². The lowest BCUT2D eigenvalue weighted by molar-refractivity contribution is -0.116. The molecule has 0 radical (unpaired) electrons. The molecule has 0 unspecified atom stereocenters. The average molecular weight is 393 g/mol. The van der Waals surface area contributed by atoms with Crippen LogP contribution in [-0.2, 0) is 20.8 Å². The van der Waals surface area contributed by atoms with Gasteiger partial charge in [0, 0.05) is 11.9 Å². The maximum Gasteiger partial charge on any atom is 0.348 e. The number of amides is 1. The number of hydrogen-bond donors (Lipinski definition) is 1. The van der Waals surface area contributed by atoms with Crippen LogP contribution in [0.5, 0.6) is 0 Å². The number of anilines is 1. The summed E-state index contributed by atoms with van der Waals surface area (Å²) in [5.74, 6) is -1.50. The van der Waals surface area contributed by atoms with E-state index < -0.39 is 11.9 Å². The molecule has 0 aliphatic heterocycles. The Bertz CT molecular complexity index is 853. The molecule has 8 nitrogen and oxygen atoms in total. The van der Waals surface area contributed by atoms with Crippen molar-refractivity contribution in [2.24, 2.45) is 0 Å². The van der Waals surface area contributed by atoms with Crippen LogP contribution >= 0.6 is 11.3 Å².